The molecule has 1 aliphatic rings. The zero-order chi connectivity index (χ0) is 14.8. The molecule has 0 aromatic heterocycles. The number of aryl methyl sites for hydroxylation is 1. The molecule has 3 rings (SSSR count). The van der Waals surface area contributed by atoms with Crippen molar-refractivity contribution in [3.63, 3.8) is 0 Å². The molecule has 0 N–H and O–H groups in total. The Bertz CT molecular complexity index is 679. The van der Waals surface area contributed by atoms with Gasteiger partial charge in [-0.1, -0.05) is 41.9 Å². The number of para-hydroxylation sites is 1. The Kier molecular flexibility index (Phi) is 3.98. The van der Waals surface area contributed by atoms with Crippen LogP contribution >= 0.6 is 11.6 Å². The Balaban J connectivity index is 1.83. The summed E-state index contributed by atoms with van der Waals surface area (Å²) in [5, 5.41) is 0.670. The first kappa shape index (κ1) is 14.2. The van der Waals surface area contributed by atoms with E-state index < -0.39 is 0 Å². The number of rotatable bonds is 3. The van der Waals surface area contributed by atoms with Gasteiger partial charge in [-0.05, 0) is 36.6 Å². The molecule has 0 spiro atoms. The van der Waals surface area contributed by atoms with E-state index in [4.69, 9.17) is 16.3 Å². The van der Waals surface area contributed by atoms with Gasteiger partial charge < -0.3 is 4.74 Å². The van der Waals surface area contributed by atoms with Crippen LogP contribution in [-0.2, 0) is 11.2 Å². The van der Waals surface area contributed by atoms with Gasteiger partial charge in [0.2, 0.25) is 0 Å². The highest BCUT2D eigenvalue weighted by molar-refractivity contribution is 6.31. The third-order valence-electron chi connectivity index (χ3n) is 3.92. The van der Waals surface area contributed by atoms with Crippen molar-refractivity contribution in [1.82, 2.24) is 0 Å². The summed E-state index contributed by atoms with van der Waals surface area (Å²) in [5.41, 5.74) is 3.00. The standard InChI is InChI=1S/C18H17ClO2/c1-12-6-7-13(16(19)10-12)11-17(20)14-8-9-21-18-5-3-2-4-15(14)18/h2-7,10,14H,8-9,11H2,1H3. The summed E-state index contributed by atoms with van der Waals surface area (Å²) in [6.07, 6.45) is 1.11. The summed E-state index contributed by atoms with van der Waals surface area (Å²) in [5.74, 6) is 0.945. The summed E-state index contributed by atoms with van der Waals surface area (Å²) < 4.78 is 5.62. The first-order chi connectivity index (χ1) is 10.1. The van der Waals surface area contributed by atoms with Gasteiger partial charge in [0.05, 0.1) is 6.61 Å². The van der Waals surface area contributed by atoms with Gasteiger partial charge in [-0.25, -0.2) is 0 Å². The molecule has 0 amide bonds. The fourth-order valence-electron chi connectivity index (χ4n) is 2.78. The molecule has 0 saturated heterocycles. The third kappa shape index (κ3) is 2.96. The molecule has 2 aromatic carbocycles. The molecule has 1 heterocycles. The van der Waals surface area contributed by atoms with E-state index in [1.807, 2.05) is 49.4 Å². The van der Waals surface area contributed by atoms with Crippen LogP contribution in [0.1, 0.15) is 29.0 Å². The van der Waals surface area contributed by atoms with Crippen molar-refractivity contribution in [3.8, 4) is 5.75 Å². The Hall–Kier alpha value is -1.80. The van der Waals surface area contributed by atoms with Crippen LogP contribution in [0.3, 0.4) is 0 Å². The van der Waals surface area contributed by atoms with Crippen molar-refractivity contribution in [2.24, 2.45) is 0 Å². The summed E-state index contributed by atoms with van der Waals surface area (Å²) >= 11 is 6.24. The molecule has 21 heavy (non-hydrogen) atoms. The topological polar surface area (TPSA) is 26.3 Å². The van der Waals surface area contributed by atoms with Crippen molar-refractivity contribution in [2.45, 2.75) is 25.7 Å². The fourth-order valence-corrected chi connectivity index (χ4v) is 3.09. The third-order valence-corrected chi connectivity index (χ3v) is 4.27. The summed E-state index contributed by atoms with van der Waals surface area (Å²) in [4.78, 5) is 12.7. The predicted molar refractivity (Wildman–Crippen MR) is 84.2 cm³/mol. The highest BCUT2D eigenvalue weighted by atomic mass is 35.5. The van der Waals surface area contributed by atoms with E-state index in [2.05, 4.69) is 0 Å². The molecule has 3 heteroatoms. The van der Waals surface area contributed by atoms with Gasteiger partial charge >= 0.3 is 0 Å². The summed E-state index contributed by atoms with van der Waals surface area (Å²) in [6.45, 7) is 2.58. The minimum atomic E-state index is -0.0904. The second-order valence-corrected chi connectivity index (χ2v) is 5.87. The van der Waals surface area contributed by atoms with Gasteiger partial charge in [-0.2, -0.15) is 0 Å². The molecule has 0 fully saturated rings. The van der Waals surface area contributed by atoms with Crippen LogP contribution in [0.4, 0.5) is 0 Å². The molecule has 1 atom stereocenters. The van der Waals surface area contributed by atoms with Crippen LogP contribution in [0.25, 0.3) is 0 Å². The maximum Gasteiger partial charge on any atom is 0.145 e. The zero-order valence-corrected chi connectivity index (χ0v) is 12.7. The Labute approximate surface area is 129 Å². The number of Topliss-reactive ketones (excluding diaryl/α,β-unsaturated/α-hetero) is 1. The van der Waals surface area contributed by atoms with E-state index in [-0.39, 0.29) is 11.7 Å². The van der Waals surface area contributed by atoms with Crippen molar-refractivity contribution in [2.75, 3.05) is 6.61 Å². The van der Waals surface area contributed by atoms with Crippen LogP contribution in [0, 0.1) is 6.92 Å². The van der Waals surface area contributed by atoms with Gasteiger partial charge in [0, 0.05) is 22.9 Å². The quantitative estimate of drug-likeness (QED) is 0.843. The lowest BCUT2D eigenvalue weighted by molar-refractivity contribution is -0.120. The molecule has 2 nitrogen and oxygen atoms in total. The van der Waals surface area contributed by atoms with Gasteiger partial charge in [-0.15, -0.1) is 0 Å². The smallest absolute Gasteiger partial charge is 0.145 e. The van der Waals surface area contributed by atoms with Crippen LogP contribution < -0.4 is 4.74 Å². The highest BCUT2D eigenvalue weighted by Crippen LogP contribution is 2.35. The predicted octanol–water partition coefficient (Wildman–Crippen LogP) is 4.33. The first-order valence-corrected chi connectivity index (χ1v) is 7.52. The first-order valence-electron chi connectivity index (χ1n) is 7.14. The number of hydrogen-bond acceptors (Lipinski definition) is 2. The molecule has 108 valence electrons. The number of fused-ring (bicyclic) bond motifs is 1. The van der Waals surface area contributed by atoms with Crippen LogP contribution in [0.2, 0.25) is 5.02 Å². The minimum absolute atomic E-state index is 0.0904. The monoisotopic (exact) mass is 300 g/mol. The number of carbonyl (C=O) groups excluding carboxylic acids is 1. The van der Waals surface area contributed by atoms with Gasteiger partial charge in [0.1, 0.15) is 11.5 Å². The molecule has 0 bridgehead atoms. The van der Waals surface area contributed by atoms with Crippen LogP contribution in [-0.4, -0.2) is 12.4 Å². The Morgan fingerprint density at radius 3 is 2.90 bits per heavy atom. The Morgan fingerprint density at radius 2 is 2.10 bits per heavy atom. The fraction of sp³-hybridized carbons (Fsp3) is 0.278. The summed E-state index contributed by atoms with van der Waals surface area (Å²) in [6, 6.07) is 13.6. The molecular weight excluding hydrogens is 284 g/mol. The number of benzene rings is 2. The van der Waals surface area contributed by atoms with E-state index in [0.717, 1.165) is 28.9 Å². The maximum atomic E-state index is 12.7. The number of ether oxygens (including phenoxy) is 1. The lowest BCUT2D eigenvalue weighted by Gasteiger charge is -2.25. The van der Waals surface area contributed by atoms with Crippen LogP contribution in [0.15, 0.2) is 42.5 Å². The van der Waals surface area contributed by atoms with Gasteiger partial charge in [0.15, 0.2) is 0 Å². The maximum absolute atomic E-state index is 12.7. The van der Waals surface area contributed by atoms with Crippen molar-refractivity contribution in [3.05, 3.63) is 64.2 Å². The number of ketones is 1. The van der Waals surface area contributed by atoms with Crippen molar-refractivity contribution < 1.29 is 9.53 Å². The molecule has 0 radical (unpaired) electrons. The molecule has 2 aromatic rings. The highest BCUT2D eigenvalue weighted by Gasteiger charge is 2.27. The zero-order valence-electron chi connectivity index (χ0n) is 11.9. The number of halogens is 1. The second-order valence-electron chi connectivity index (χ2n) is 5.47. The van der Waals surface area contributed by atoms with E-state index in [1.54, 1.807) is 0 Å². The van der Waals surface area contributed by atoms with Crippen molar-refractivity contribution >= 4 is 17.4 Å². The van der Waals surface area contributed by atoms with E-state index in [0.29, 0.717) is 18.1 Å². The molecule has 1 unspecified atom stereocenters. The SMILES string of the molecule is Cc1ccc(CC(=O)C2CCOc3ccccc32)c(Cl)c1. The number of hydrogen-bond donors (Lipinski definition) is 0. The van der Waals surface area contributed by atoms with E-state index >= 15 is 0 Å². The van der Waals surface area contributed by atoms with E-state index in [1.165, 1.54) is 0 Å². The van der Waals surface area contributed by atoms with Crippen molar-refractivity contribution in [1.29, 1.82) is 0 Å². The summed E-state index contributed by atoms with van der Waals surface area (Å²) in [7, 11) is 0. The molecular formula is C18H17ClO2. The lowest BCUT2D eigenvalue weighted by Crippen LogP contribution is -2.22. The average Bonchev–Trinajstić information content (AvgIpc) is 2.49. The van der Waals surface area contributed by atoms with Gasteiger partial charge in [0.25, 0.3) is 0 Å². The average molecular weight is 301 g/mol. The normalized spacial score (nSPS) is 17.0. The minimum Gasteiger partial charge on any atom is -0.493 e. The molecule has 1 aliphatic heterocycles. The Morgan fingerprint density at radius 1 is 1.29 bits per heavy atom. The number of carbonyl (C=O) groups is 1. The van der Waals surface area contributed by atoms with Gasteiger partial charge in [-0.3, -0.25) is 4.79 Å². The lowest BCUT2D eigenvalue weighted by atomic mass is 9.86. The van der Waals surface area contributed by atoms with E-state index in [9.17, 15) is 4.79 Å². The second kappa shape index (κ2) is 5.90. The largest absolute Gasteiger partial charge is 0.493 e. The molecule has 0 saturated carbocycles. The van der Waals surface area contributed by atoms with Crippen LogP contribution in [0.5, 0.6) is 5.75 Å². The molecule has 0 aliphatic carbocycles.